The van der Waals surface area contributed by atoms with E-state index >= 15 is 0 Å². The van der Waals surface area contributed by atoms with Gasteiger partial charge in [0.1, 0.15) is 12.0 Å². The number of para-hydroxylation sites is 1. The second kappa shape index (κ2) is 4.79. The summed E-state index contributed by atoms with van der Waals surface area (Å²) < 4.78 is 5.10. The standard InChI is InChI=1S/C16H15NO4/c1-21-11-8-6-10(7-9-11)16(15(19)20)12-4-2-3-5-13(12)17-14(16)18/h2-9,14,17-18H,1H3,(H,19,20). The van der Waals surface area contributed by atoms with E-state index in [1.54, 1.807) is 55.6 Å². The van der Waals surface area contributed by atoms with Crippen molar-refractivity contribution in [1.82, 2.24) is 0 Å². The van der Waals surface area contributed by atoms with Crippen molar-refractivity contribution in [3.05, 3.63) is 59.7 Å². The van der Waals surface area contributed by atoms with Crippen molar-refractivity contribution in [1.29, 1.82) is 0 Å². The van der Waals surface area contributed by atoms with Crippen LogP contribution in [0.3, 0.4) is 0 Å². The molecule has 2 unspecified atom stereocenters. The summed E-state index contributed by atoms with van der Waals surface area (Å²) >= 11 is 0. The van der Waals surface area contributed by atoms with Crippen molar-refractivity contribution in [2.45, 2.75) is 11.6 Å². The zero-order valence-electron chi connectivity index (χ0n) is 11.4. The van der Waals surface area contributed by atoms with E-state index in [4.69, 9.17) is 4.74 Å². The molecule has 0 saturated carbocycles. The molecule has 0 saturated heterocycles. The Kier molecular flexibility index (Phi) is 3.07. The lowest BCUT2D eigenvalue weighted by Crippen LogP contribution is -2.46. The van der Waals surface area contributed by atoms with Gasteiger partial charge in [-0.3, -0.25) is 4.79 Å². The first kappa shape index (κ1) is 13.5. The number of ether oxygens (including phenoxy) is 1. The van der Waals surface area contributed by atoms with Crippen LogP contribution in [0.15, 0.2) is 48.5 Å². The normalized spacial score (nSPS) is 23.2. The molecule has 108 valence electrons. The van der Waals surface area contributed by atoms with Crippen LogP contribution in [-0.4, -0.2) is 29.5 Å². The fourth-order valence-electron chi connectivity index (χ4n) is 2.88. The summed E-state index contributed by atoms with van der Waals surface area (Å²) in [5.74, 6) is -0.467. The van der Waals surface area contributed by atoms with E-state index in [0.717, 1.165) is 0 Å². The topological polar surface area (TPSA) is 78.8 Å². The average Bonchev–Trinajstić information content (AvgIpc) is 2.80. The van der Waals surface area contributed by atoms with Gasteiger partial charge < -0.3 is 20.3 Å². The van der Waals surface area contributed by atoms with Crippen LogP contribution in [-0.2, 0) is 10.2 Å². The average molecular weight is 285 g/mol. The van der Waals surface area contributed by atoms with Gasteiger partial charge in [-0.1, -0.05) is 30.3 Å². The van der Waals surface area contributed by atoms with Gasteiger partial charge in [-0.25, -0.2) is 0 Å². The Morgan fingerprint density at radius 3 is 2.48 bits per heavy atom. The zero-order valence-corrected chi connectivity index (χ0v) is 11.4. The third-order valence-electron chi connectivity index (χ3n) is 3.94. The number of aliphatic hydroxyl groups is 1. The van der Waals surface area contributed by atoms with Crippen molar-refractivity contribution in [3.8, 4) is 5.75 Å². The number of aliphatic hydroxyl groups excluding tert-OH is 1. The summed E-state index contributed by atoms with van der Waals surface area (Å²) in [6, 6.07) is 13.7. The summed E-state index contributed by atoms with van der Waals surface area (Å²) in [6.07, 6.45) is -1.24. The molecule has 3 rings (SSSR count). The number of hydrogen-bond acceptors (Lipinski definition) is 4. The van der Waals surface area contributed by atoms with Gasteiger partial charge in [-0.2, -0.15) is 0 Å². The first-order valence-electron chi connectivity index (χ1n) is 6.52. The Bertz CT molecular complexity index is 683. The van der Waals surface area contributed by atoms with Crippen LogP contribution < -0.4 is 10.1 Å². The second-order valence-corrected chi connectivity index (χ2v) is 4.93. The van der Waals surface area contributed by atoms with E-state index in [0.29, 0.717) is 22.6 Å². The molecule has 2 aromatic rings. The number of fused-ring (bicyclic) bond motifs is 1. The lowest BCUT2D eigenvalue weighted by Gasteiger charge is -2.29. The largest absolute Gasteiger partial charge is 0.497 e. The van der Waals surface area contributed by atoms with Gasteiger partial charge in [-0.05, 0) is 23.8 Å². The maximum atomic E-state index is 12.0. The van der Waals surface area contributed by atoms with E-state index in [2.05, 4.69) is 5.32 Å². The Morgan fingerprint density at radius 2 is 1.86 bits per heavy atom. The number of carboxylic acid groups (broad SMARTS) is 1. The molecule has 1 aliphatic heterocycles. The van der Waals surface area contributed by atoms with Crippen LogP contribution in [0.4, 0.5) is 5.69 Å². The number of rotatable bonds is 3. The number of carbonyl (C=O) groups is 1. The molecule has 2 aromatic carbocycles. The van der Waals surface area contributed by atoms with Crippen LogP contribution >= 0.6 is 0 Å². The van der Waals surface area contributed by atoms with E-state index in [-0.39, 0.29) is 0 Å². The summed E-state index contributed by atoms with van der Waals surface area (Å²) in [6.45, 7) is 0. The molecule has 0 aromatic heterocycles. The molecular formula is C16H15NO4. The second-order valence-electron chi connectivity index (χ2n) is 4.93. The van der Waals surface area contributed by atoms with Crippen LogP contribution in [0.1, 0.15) is 11.1 Å². The maximum Gasteiger partial charge on any atom is 0.323 e. The first-order valence-corrected chi connectivity index (χ1v) is 6.52. The van der Waals surface area contributed by atoms with Gasteiger partial charge >= 0.3 is 5.97 Å². The Labute approximate surface area is 121 Å². The minimum Gasteiger partial charge on any atom is -0.497 e. The highest BCUT2D eigenvalue weighted by Crippen LogP contribution is 2.45. The highest BCUT2D eigenvalue weighted by atomic mass is 16.5. The summed E-state index contributed by atoms with van der Waals surface area (Å²) in [5.41, 5.74) is 0.155. The first-order chi connectivity index (χ1) is 10.1. The van der Waals surface area contributed by atoms with Crippen molar-refractivity contribution in [2.24, 2.45) is 0 Å². The lowest BCUT2D eigenvalue weighted by molar-refractivity contribution is -0.145. The van der Waals surface area contributed by atoms with Crippen LogP contribution in [0.25, 0.3) is 0 Å². The molecule has 0 bridgehead atoms. The van der Waals surface area contributed by atoms with E-state index < -0.39 is 17.6 Å². The molecule has 0 aliphatic carbocycles. The monoisotopic (exact) mass is 285 g/mol. The molecular weight excluding hydrogens is 270 g/mol. The summed E-state index contributed by atoms with van der Waals surface area (Å²) in [5, 5.41) is 23.1. The third kappa shape index (κ3) is 1.78. The molecule has 0 spiro atoms. The smallest absolute Gasteiger partial charge is 0.323 e. The fourth-order valence-corrected chi connectivity index (χ4v) is 2.88. The van der Waals surface area contributed by atoms with Gasteiger partial charge in [0.15, 0.2) is 5.41 Å². The van der Waals surface area contributed by atoms with Gasteiger partial charge in [0, 0.05) is 11.3 Å². The number of methoxy groups -OCH3 is 1. The van der Waals surface area contributed by atoms with E-state index in [9.17, 15) is 15.0 Å². The molecule has 2 atom stereocenters. The quantitative estimate of drug-likeness (QED) is 0.801. The van der Waals surface area contributed by atoms with Gasteiger partial charge in [0.05, 0.1) is 7.11 Å². The van der Waals surface area contributed by atoms with Gasteiger partial charge in [0.25, 0.3) is 0 Å². The van der Waals surface area contributed by atoms with Crippen LogP contribution in [0.5, 0.6) is 5.75 Å². The Hall–Kier alpha value is -2.53. The Balaban J connectivity index is 2.23. The molecule has 1 heterocycles. The van der Waals surface area contributed by atoms with Crippen molar-refractivity contribution >= 4 is 11.7 Å². The maximum absolute atomic E-state index is 12.0. The zero-order chi connectivity index (χ0) is 15.0. The Morgan fingerprint density at radius 1 is 1.19 bits per heavy atom. The summed E-state index contributed by atoms with van der Waals surface area (Å²) in [7, 11) is 1.54. The third-order valence-corrected chi connectivity index (χ3v) is 3.94. The van der Waals surface area contributed by atoms with E-state index in [1.165, 1.54) is 0 Å². The molecule has 0 amide bonds. The predicted molar refractivity (Wildman–Crippen MR) is 77.5 cm³/mol. The molecule has 0 radical (unpaired) electrons. The molecule has 5 heteroatoms. The number of hydrogen-bond donors (Lipinski definition) is 3. The van der Waals surface area contributed by atoms with Crippen molar-refractivity contribution in [2.75, 3.05) is 12.4 Å². The van der Waals surface area contributed by atoms with Crippen LogP contribution in [0, 0.1) is 0 Å². The molecule has 3 N–H and O–H groups in total. The minimum absolute atomic E-state index is 0.501. The number of nitrogens with one attached hydrogen (secondary N) is 1. The molecule has 21 heavy (non-hydrogen) atoms. The lowest BCUT2D eigenvalue weighted by atomic mass is 9.74. The fraction of sp³-hybridized carbons (Fsp3) is 0.188. The van der Waals surface area contributed by atoms with Crippen molar-refractivity contribution < 1.29 is 19.7 Å². The predicted octanol–water partition coefficient (Wildman–Crippen LogP) is 1.81. The number of aliphatic carboxylic acids is 1. The molecule has 0 fully saturated rings. The minimum atomic E-state index is -1.52. The highest BCUT2D eigenvalue weighted by molar-refractivity contribution is 5.92. The van der Waals surface area contributed by atoms with E-state index in [1.807, 2.05) is 0 Å². The number of benzene rings is 2. The SMILES string of the molecule is COc1ccc(C2(C(=O)O)c3ccccc3NC2O)cc1. The van der Waals surface area contributed by atoms with Crippen LogP contribution in [0.2, 0.25) is 0 Å². The highest BCUT2D eigenvalue weighted by Gasteiger charge is 2.54. The summed E-state index contributed by atoms with van der Waals surface area (Å²) in [4.78, 5) is 12.0. The molecule has 1 aliphatic rings. The van der Waals surface area contributed by atoms with Crippen molar-refractivity contribution in [3.63, 3.8) is 0 Å². The molecule has 5 nitrogen and oxygen atoms in total. The van der Waals surface area contributed by atoms with Gasteiger partial charge in [0.2, 0.25) is 0 Å². The number of carboxylic acids is 1. The van der Waals surface area contributed by atoms with Gasteiger partial charge in [-0.15, -0.1) is 0 Å². The number of anilines is 1.